The number of hydrogen-bond donors (Lipinski definition) is 0. The van der Waals surface area contributed by atoms with Crippen molar-refractivity contribution < 1.29 is 9.18 Å². The minimum atomic E-state index is -0.822. The van der Waals surface area contributed by atoms with Crippen LogP contribution in [-0.4, -0.2) is 34.7 Å². The summed E-state index contributed by atoms with van der Waals surface area (Å²) in [7, 11) is 3.41. The minimum Gasteiger partial charge on any atom is -0.347 e. The van der Waals surface area contributed by atoms with E-state index >= 15 is 0 Å². The molecule has 4 nitrogen and oxygen atoms in total. The van der Waals surface area contributed by atoms with E-state index in [1.54, 1.807) is 57.0 Å². The maximum Gasteiger partial charge on any atom is 0.249 e. The van der Waals surface area contributed by atoms with Crippen molar-refractivity contribution in [2.75, 3.05) is 14.1 Å². The molecule has 5 heteroatoms. The van der Waals surface area contributed by atoms with Crippen molar-refractivity contribution in [2.24, 2.45) is 0 Å². The minimum absolute atomic E-state index is 0.0647. The SMILES string of the molecule is Cc1cn(C(C)(C)C(=O)N(C)C)nc1-c1ccccc1F. The molecule has 2 aromatic rings. The maximum absolute atomic E-state index is 13.9. The quantitative estimate of drug-likeness (QED) is 0.871. The normalized spacial score (nSPS) is 11.5. The molecule has 0 aliphatic rings. The first-order chi connectivity index (χ1) is 9.75. The second kappa shape index (κ2) is 5.31. The molecule has 0 N–H and O–H groups in total. The zero-order valence-corrected chi connectivity index (χ0v) is 13.0. The van der Waals surface area contributed by atoms with Gasteiger partial charge in [-0.25, -0.2) is 4.39 Å². The Kier molecular flexibility index (Phi) is 3.85. The van der Waals surface area contributed by atoms with Crippen LogP contribution in [0.5, 0.6) is 0 Å². The second-order valence-corrected chi connectivity index (χ2v) is 5.84. The van der Waals surface area contributed by atoms with Crippen molar-refractivity contribution in [1.82, 2.24) is 14.7 Å². The highest BCUT2D eigenvalue weighted by atomic mass is 19.1. The summed E-state index contributed by atoms with van der Waals surface area (Å²) in [6, 6.07) is 6.51. The smallest absolute Gasteiger partial charge is 0.249 e. The van der Waals surface area contributed by atoms with Gasteiger partial charge in [-0.3, -0.25) is 9.48 Å². The summed E-state index contributed by atoms with van der Waals surface area (Å²) in [5, 5.41) is 4.45. The molecule has 112 valence electrons. The number of carbonyl (C=O) groups is 1. The molecule has 0 aliphatic heterocycles. The number of carbonyl (C=O) groups excluding carboxylic acids is 1. The lowest BCUT2D eigenvalue weighted by Crippen LogP contribution is -2.44. The molecule has 1 amide bonds. The van der Waals surface area contributed by atoms with Crippen LogP contribution < -0.4 is 0 Å². The van der Waals surface area contributed by atoms with Crippen molar-refractivity contribution in [3.05, 3.63) is 41.8 Å². The lowest BCUT2D eigenvalue weighted by molar-refractivity contribution is -0.137. The average Bonchev–Trinajstić information content (AvgIpc) is 2.81. The summed E-state index contributed by atoms with van der Waals surface area (Å²) in [6.07, 6.45) is 1.78. The van der Waals surface area contributed by atoms with Crippen LogP contribution in [-0.2, 0) is 10.3 Å². The average molecular weight is 289 g/mol. The van der Waals surface area contributed by atoms with E-state index in [2.05, 4.69) is 5.10 Å². The molecular formula is C16H20FN3O. The number of rotatable bonds is 3. The van der Waals surface area contributed by atoms with Gasteiger partial charge in [0, 0.05) is 25.9 Å². The number of amides is 1. The lowest BCUT2D eigenvalue weighted by atomic mass is 10.0. The van der Waals surface area contributed by atoms with Crippen molar-refractivity contribution in [3.63, 3.8) is 0 Å². The van der Waals surface area contributed by atoms with Crippen LogP contribution in [0.4, 0.5) is 4.39 Å². The molecular weight excluding hydrogens is 269 g/mol. The van der Waals surface area contributed by atoms with Gasteiger partial charge in [-0.2, -0.15) is 5.10 Å². The first-order valence-electron chi connectivity index (χ1n) is 6.78. The Morgan fingerprint density at radius 2 is 1.90 bits per heavy atom. The third-order valence-corrected chi connectivity index (χ3v) is 3.53. The predicted molar refractivity (Wildman–Crippen MR) is 80.4 cm³/mol. The van der Waals surface area contributed by atoms with Gasteiger partial charge in [0.15, 0.2) is 0 Å². The van der Waals surface area contributed by atoms with Crippen LogP contribution in [0.15, 0.2) is 30.5 Å². The van der Waals surface area contributed by atoms with E-state index in [9.17, 15) is 9.18 Å². The highest BCUT2D eigenvalue weighted by molar-refractivity contribution is 5.83. The summed E-state index contributed by atoms with van der Waals surface area (Å²) in [5.74, 6) is -0.382. The molecule has 0 saturated heterocycles. The van der Waals surface area contributed by atoms with Crippen molar-refractivity contribution >= 4 is 5.91 Å². The predicted octanol–water partition coefficient (Wildman–Crippen LogP) is 2.82. The number of likely N-dealkylation sites (N-methyl/N-ethyl adjacent to an activating group) is 1. The van der Waals surface area contributed by atoms with Crippen LogP contribution in [0.1, 0.15) is 19.4 Å². The fourth-order valence-electron chi connectivity index (χ4n) is 2.31. The standard InChI is InChI=1S/C16H20FN3O/c1-11-10-20(16(2,3)15(21)19(4)5)18-14(11)12-8-6-7-9-13(12)17/h6-10H,1-5H3. The highest BCUT2D eigenvalue weighted by Crippen LogP contribution is 2.27. The van der Waals surface area contributed by atoms with Gasteiger partial charge < -0.3 is 4.90 Å². The van der Waals surface area contributed by atoms with Gasteiger partial charge >= 0.3 is 0 Å². The largest absolute Gasteiger partial charge is 0.347 e. The number of aryl methyl sites for hydroxylation is 1. The number of nitrogens with zero attached hydrogens (tertiary/aromatic N) is 3. The molecule has 0 fully saturated rings. The third-order valence-electron chi connectivity index (χ3n) is 3.53. The fraction of sp³-hybridized carbons (Fsp3) is 0.375. The fourth-order valence-corrected chi connectivity index (χ4v) is 2.31. The molecule has 0 atom stereocenters. The molecule has 0 unspecified atom stereocenters. The van der Waals surface area contributed by atoms with Crippen molar-refractivity contribution in [2.45, 2.75) is 26.3 Å². The Labute approximate surface area is 124 Å². The Hall–Kier alpha value is -2.17. The molecule has 21 heavy (non-hydrogen) atoms. The number of aromatic nitrogens is 2. The molecule has 2 rings (SSSR count). The van der Waals surface area contributed by atoms with Crippen LogP contribution in [0.3, 0.4) is 0 Å². The molecule has 0 bridgehead atoms. The second-order valence-electron chi connectivity index (χ2n) is 5.84. The Bertz CT molecular complexity index is 674. The van der Waals surface area contributed by atoms with Gasteiger partial charge in [-0.05, 0) is 38.5 Å². The van der Waals surface area contributed by atoms with Gasteiger partial charge in [0.1, 0.15) is 11.4 Å². The lowest BCUT2D eigenvalue weighted by Gasteiger charge is -2.27. The number of benzene rings is 1. The summed E-state index contributed by atoms with van der Waals surface area (Å²) in [4.78, 5) is 13.8. The van der Waals surface area contributed by atoms with Crippen molar-refractivity contribution in [3.8, 4) is 11.3 Å². The first-order valence-corrected chi connectivity index (χ1v) is 6.78. The monoisotopic (exact) mass is 289 g/mol. The van der Waals surface area contributed by atoms with E-state index in [0.717, 1.165) is 5.56 Å². The zero-order chi connectivity index (χ0) is 15.8. The van der Waals surface area contributed by atoms with E-state index in [4.69, 9.17) is 0 Å². The van der Waals surface area contributed by atoms with Gasteiger partial charge in [0.25, 0.3) is 0 Å². The van der Waals surface area contributed by atoms with Crippen LogP contribution in [0, 0.1) is 12.7 Å². The molecule has 1 aromatic carbocycles. The molecule has 0 radical (unpaired) electrons. The van der Waals surface area contributed by atoms with E-state index in [-0.39, 0.29) is 11.7 Å². The summed E-state index contributed by atoms with van der Waals surface area (Å²) in [5.41, 5.74) is 1.02. The van der Waals surface area contributed by atoms with Gasteiger partial charge in [-0.15, -0.1) is 0 Å². The molecule has 1 heterocycles. The van der Waals surface area contributed by atoms with E-state index < -0.39 is 5.54 Å². The van der Waals surface area contributed by atoms with E-state index in [1.165, 1.54) is 11.0 Å². The number of hydrogen-bond acceptors (Lipinski definition) is 2. The van der Waals surface area contributed by atoms with Crippen LogP contribution in [0.2, 0.25) is 0 Å². The Morgan fingerprint density at radius 3 is 2.48 bits per heavy atom. The van der Waals surface area contributed by atoms with E-state index in [1.807, 2.05) is 6.92 Å². The topological polar surface area (TPSA) is 38.1 Å². The molecule has 0 saturated carbocycles. The van der Waals surface area contributed by atoms with Gasteiger partial charge in [0.05, 0.1) is 5.69 Å². The van der Waals surface area contributed by atoms with Gasteiger partial charge in [-0.1, -0.05) is 12.1 Å². The zero-order valence-electron chi connectivity index (χ0n) is 13.0. The molecule has 0 aliphatic carbocycles. The van der Waals surface area contributed by atoms with Gasteiger partial charge in [0.2, 0.25) is 5.91 Å². The first kappa shape index (κ1) is 15.2. The third kappa shape index (κ3) is 2.68. The van der Waals surface area contributed by atoms with Crippen LogP contribution in [0.25, 0.3) is 11.3 Å². The van der Waals surface area contributed by atoms with E-state index in [0.29, 0.717) is 11.3 Å². The molecule has 0 spiro atoms. The summed E-state index contributed by atoms with van der Waals surface area (Å²) < 4.78 is 15.5. The van der Waals surface area contributed by atoms with Crippen LogP contribution >= 0.6 is 0 Å². The Morgan fingerprint density at radius 1 is 1.29 bits per heavy atom. The highest BCUT2D eigenvalue weighted by Gasteiger charge is 2.32. The number of halogens is 1. The molecule has 1 aromatic heterocycles. The maximum atomic E-state index is 13.9. The summed E-state index contributed by atoms with van der Waals surface area (Å²) >= 11 is 0. The summed E-state index contributed by atoms with van der Waals surface area (Å²) in [6.45, 7) is 5.46. The Balaban J connectivity index is 2.50. The van der Waals surface area contributed by atoms with Crippen molar-refractivity contribution in [1.29, 1.82) is 0 Å².